The quantitative estimate of drug-likeness (QED) is 0.770. The van der Waals surface area contributed by atoms with E-state index in [1.807, 2.05) is 24.3 Å². The molecule has 0 spiro atoms. The first-order valence-electron chi connectivity index (χ1n) is 7.73. The molecule has 1 aliphatic rings. The number of ether oxygens (including phenoxy) is 1. The number of rotatable bonds is 6. The third-order valence-corrected chi connectivity index (χ3v) is 7.37. The number of nitrogens with zero attached hydrogens (tertiary/aromatic N) is 1. The van der Waals surface area contributed by atoms with Crippen LogP contribution in [0.15, 0.2) is 35.2 Å². The first-order chi connectivity index (χ1) is 11.9. The van der Waals surface area contributed by atoms with Gasteiger partial charge in [-0.3, -0.25) is 0 Å². The molecule has 1 saturated heterocycles. The highest BCUT2D eigenvalue weighted by atomic mass is 35.5. The number of para-hydroxylation sites is 2. The summed E-state index contributed by atoms with van der Waals surface area (Å²) in [6.07, 6.45) is 0.901. The second-order valence-electron chi connectivity index (χ2n) is 5.81. The SMILES string of the molecule is COc1ccccc1N1CCC(CNS(=O)(=O)c2cc(Cl)sc2Cl)C1. The molecular weight excluding hydrogens is 403 g/mol. The van der Waals surface area contributed by atoms with E-state index >= 15 is 0 Å². The van der Waals surface area contributed by atoms with Crippen molar-refractivity contribution in [2.45, 2.75) is 11.3 Å². The van der Waals surface area contributed by atoms with E-state index in [1.54, 1.807) is 7.11 Å². The fourth-order valence-electron chi connectivity index (χ4n) is 2.92. The molecule has 1 aromatic heterocycles. The summed E-state index contributed by atoms with van der Waals surface area (Å²) in [5, 5.41) is 0. The number of nitrogens with one attached hydrogen (secondary N) is 1. The van der Waals surface area contributed by atoms with Gasteiger partial charge in [-0.15, -0.1) is 11.3 Å². The van der Waals surface area contributed by atoms with Crippen LogP contribution < -0.4 is 14.4 Å². The predicted octanol–water partition coefficient (Wildman–Crippen LogP) is 3.87. The van der Waals surface area contributed by atoms with Crippen molar-refractivity contribution in [1.29, 1.82) is 0 Å². The predicted molar refractivity (Wildman–Crippen MR) is 103 cm³/mol. The van der Waals surface area contributed by atoms with Gasteiger partial charge in [0.2, 0.25) is 10.0 Å². The Labute approximate surface area is 161 Å². The van der Waals surface area contributed by atoms with Crippen LogP contribution in [-0.4, -0.2) is 35.2 Å². The monoisotopic (exact) mass is 420 g/mol. The molecule has 1 aliphatic heterocycles. The number of methoxy groups -OCH3 is 1. The highest BCUT2D eigenvalue weighted by Crippen LogP contribution is 2.35. The lowest BCUT2D eigenvalue weighted by molar-refractivity contribution is 0.414. The molecule has 0 saturated carbocycles. The number of anilines is 1. The third-order valence-electron chi connectivity index (χ3n) is 4.19. The second kappa shape index (κ2) is 7.72. The smallest absolute Gasteiger partial charge is 0.242 e. The highest BCUT2D eigenvalue weighted by molar-refractivity contribution is 7.89. The summed E-state index contributed by atoms with van der Waals surface area (Å²) in [6, 6.07) is 9.22. The number of halogens is 2. The largest absolute Gasteiger partial charge is 0.495 e. The van der Waals surface area contributed by atoms with Crippen molar-refractivity contribution >= 4 is 50.2 Å². The average Bonchev–Trinajstić information content (AvgIpc) is 3.19. The van der Waals surface area contributed by atoms with Crippen molar-refractivity contribution in [3.63, 3.8) is 0 Å². The molecule has 1 atom stereocenters. The highest BCUT2D eigenvalue weighted by Gasteiger charge is 2.27. The van der Waals surface area contributed by atoms with Crippen molar-refractivity contribution in [3.05, 3.63) is 39.0 Å². The van der Waals surface area contributed by atoms with Crippen LogP contribution in [0.5, 0.6) is 5.75 Å². The van der Waals surface area contributed by atoms with Gasteiger partial charge in [-0.25, -0.2) is 13.1 Å². The van der Waals surface area contributed by atoms with E-state index < -0.39 is 10.0 Å². The molecule has 1 N–H and O–H groups in total. The fourth-order valence-corrected chi connectivity index (χ4v) is 6.19. The number of hydrogen-bond acceptors (Lipinski definition) is 5. The van der Waals surface area contributed by atoms with E-state index in [1.165, 1.54) is 6.07 Å². The Balaban J connectivity index is 1.63. The summed E-state index contributed by atoms with van der Waals surface area (Å²) in [7, 11) is -2.00. The molecule has 1 aromatic carbocycles. The topological polar surface area (TPSA) is 58.6 Å². The van der Waals surface area contributed by atoms with Crippen LogP contribution in [-0.2, 0) is 10.0 Å². The first-order valence-corrected chi connectivity index (χ1v) is 10.8. The van der Waals surface area contributed by atoms with E-state index in [-0.39, 0.29) is 15.1 Å². The summed E-state index contributed by atoms with van der Waals surface area (Å²) < 4.78 is 33.4. The second-order valence-corrected chi connectivity index (χ2v) is 9.83. The van der Waals surface area contributed by atoms with Gasteiger partial charge in [0, 0.05) is 19.6 Å². The van der Waals surface area contributed by atoms with Gasteiger partial charge >= 0.3 is 0 Å². The van der Waals surface area contributed by atoms with Gasteiger partial charge in [0.05, 0.1) is 17.1 Å². The summed E-state index contributed by atoms with van der Waals surface area (Å²) in [5.74, 6) is 1.04. The Morgan fingerprint density at radius 2 is 2.12 bits per heavy atom. The minimum atomic E-state index is -3.65. The van der Waals surface area contributed by atoms with Crippen molar-refractivity contribution in [1.82, 2.24) is 4.72 Å². The van der Waals surface area contributed by atoms with Crippen molar-refractivity contribution in [2.24, 2.45) is 5.92 Å². The maximum Gasteiger partial charge on any atom is 0.242 e. The zero-order valence-electron chi connectivity index (χ0n) is 13.5. The number of sulfonamides is 1. The van der Waals surface area contributed by atoms with Gasteiger partial charge in [-0.05, 0) is 30.5 Å². The summed E-state index contributed by atoms with van der Waals surface area (Å²) in [4.78, 5) is 2.26. The molecule has 2 aromatic rings. The Hall–Kier alpha value is -0.990. The van der Waals surface area contributed by atoms with Crippen LogP contribution in [0.1, 0.15) is 6.42 Å². The molecule has 0 radical (unpaired) electrons. The Morgan fingerprint density at radius 1 is 1.36 bits per heavy atom. The Morgan fingerprint density at radius 3 is 2.80 bits per heavy atom. The number of hydrogen-bond donors (Lipinski definition) is 1. The molecule has 25 heavy (non-hydrogen) atoms. The Bertz CT molecular complexity index is 855. The maximum atomic E-state index is 12.4. The van der Waals surface area contributed by atoms with Crippen LogP contribution in [0.4, 0.5) is 5.69 Å². The van der Waals surface area contributed by atoms with Crippen LogP contribution in [0.2, 0.25) is 8.67 Å². The number of benzene rings is 1. The molecule has 0 amide bonds. The van der Waals surface area contributed by atoms with Gasteiger partial charge in [0.1, 0.15) is 15.0 Å². The van der Waals surface area contributed by atoms with Crippen molar-refractivity contribution in [2.75, 3.05) is 31.6 Å². The zero-order chi connectivity index (χ0) is 18.0. The van der Waals surface area contributed by atoms with Crippen LogP contribution in [0, 0.1) is 5.92 Å². The molecule has 2 heterocycles. The summed E-state index contributed by atoms with van der Waals surface area (Å²) in [5.41, 5.74) is 1.03. The molecule has 9 heteroatoms. The van der Waals surface area contributed by atoms with Gasteiger partial charge in [-0.2, -0.15) is 0 Å². The van der Waals surface area contributed by atoms with Crippen molar-refractivity contribution in [3.8, 4) is 5.75 Å². The summed E-state index contributed by atoms with van der Waals surface area (Å²) in [6.45, 7) is 1.98. The van der Waals surface area contributed by atoms with Crippen molar-refractivity contribution < 1.29 is 13.2 Å². The lowest BCUT2D eigenvalue weighted by atomic mass is 10.1. The molecule has 0 aliphatic carbocycles. The third kappa shape index (κ3) is 4.23. The first kappa shape index (κ1) is 18.8. The Kier molecular flexibility index (Phi) is 5.80. The molecule has 1 fully saturated rings. The lowest BCUT2D eigenvalue weighted by Crippen LogP contribution is -2.31. The van der Waals surface area contributed by atoms with Gasteiger partial charge in [0.25, 0.3) is 0 Å². The molecule has 5 nitrogen and oxygen atoms in total. The van der Waals surface area contributed by atoms with E-state index in [4.69, 9.17) is 27.9 Å². The van der Waals surface area contributed by atoms with Crippen LogP contribution in [0.25, 0.3) is 0 Å². The zero-order valence-corrected chi connectivity index (χ0v) is 16.7. The lowest BCUT2D eigenvalue weighted by Gasteiger charge is -2.21. The fraction of sp³-hybridized carbons (Fsp3) is 0.375. The maximum absolute atomic E-state index is 12.4. The molecule has 0 bridgehead atoms. The molecule has 3 rings (SSSR count). The van der Waals surface area contributed by atoms with E-state index in [0.29, 0.717) is 10.9 Å². The minimum Gasteiger partial charge on any atom is -0.495 e. The molecule has 136 valence electrons. The molecular formula is C16H18Cl2N2O3S2. The normalized spacial score (nSPS) is 17.9. The minimum absolute atomic E-state index is 0.0451. The van der Waals surface area contributed by atoms with Crippen LogP contribution in [0.3, 0.4) is 0 Å². The molecule has 1 unspecified atom stereocenters. The van der Waals surface area contributed by atoms with E-state index in [9.17, 15) is 8.42 Å². The van der Waals surface area contributed by atoms with Gasteiger partial charge in [-0.1, -0.05) is 35.3 Å². The average molecular weight is 421 g/mol. The summed E-state index contributed by atoms with van der Waals surface area (Å²) >= 11 is 12.8. The van der Waals surface area contributed by atoms with Crippen LogP contribution >= 0.6 is 34.5 Å². The van der Waals surface area contributed by atoms with E-state index in [0.717, 1.165) is 42.3 Å². The van der Waals surface area contributed by atoms with Gasteiger partial charge in [0.15, 0.2) is 0 Å². The van der Waals surface area contributed by atoms with E-state index in [2.05, 4.69) is 9.62 Å². The standard InChI is InChI=1S/C16H18Cl2N2O3S2/c1-23-13-5-3-2-4-12(13)20-7-6-11(10-20)9-19-25(21,22)14-8-15(17)24-16(14)18/h2-5,8,11,19H,6-7,9-10H2,1H3. The number of thiophene rings is 1. The van der Waals surface area contributed by atoms with Gasteiger partial charge < -0.3 is 9.64 Å².